The van der Waals surface area contributed by atoms with E-state index < -0.39 is 73.8 Å². The van der Waals surface area contributed by atoms with Crippen LogP contribution in [0.4, 0.5) is 32.0 Å². The summed E-state index contributed by atoms with van der Waals surface area (Å²) in [5.41, 5.74) is 6.74. The Kier molecular flexibility index (Phi) is 9.12. The lowest BCUT2D eigenvalue weighted by atomic mass is 9.83. The summed E-state index contributed by atoms with van der Waals surface area (Å²) in [6, 6.07) is 13.5. The quantitative estimate of drug-likeness (QED) is 0.320. The molecule has 1 aliphatic heterocycles. The minimum absolute atomic E-state index is 0.0407. The molecule has 1 saturated carbocycles. The van der Waals surface area contributed by atoms with E-state index in [2.05, 4.69) is 15.6 Å². The predicted octanol–water partition coefficient (Wildman–Crippen LogP) is 4.86. The van der Waals surface area contributed by atoms with Crippen LogP contribution >= 0.6 is 0 Å². The van der Waals surface area contributed by atoms with E-state index in [9.17, 15) is 40.7 Å². The second kappa shape index (κ2) is 12.4. The molecule has 0 aromatic heterocycles. The summed E-state index contributed by atoms with van der Waals surface area (Å²) >= 11 is 0. The van der Waals surface area contributed by atoms with E-state index in [-0.39, 0.29) is 17.5 Å². The van der Waals surface area contributed by atoms with Crippen LogP contribution in [0, 0.1) is 11.8 Å². The van der Waals surface area contributed by atoms with Crippen molar-refractivity contribution in [3.8, 4) is 5.75 Å². The highest BCUT2D eigenvalue weighted by Crippen LogP contribution is 2.37. The van der Waals surface area contributed by atoms with Gasteiger partial charge in [-0.1, -0.05) is 42.5 Å². The molecule has 4 N–H and O–H groups in total. The second-order valence-corrected chi connectivity index (χ2v) is 10.2. The van der Waals surface area contributed by atoms with Crippen LogP contribution in [0.25, 0.3) is 0 Å². The Morgan fingerprint density at radius 1 is 0.952 bits per heavy atom. The number of amides is 3. The minimum Gasteiger partial charge on any atom is -0.488 e. The number of hydrogen-bond donors (Lipinski definition) is 3. The van der Waals surface area contributed by atoms with E-state index in [0.717, 1.165) is 12.8 Å². The first-order valence-electron chi connectivity index (χ1n) is 13.2. The highest BCUT2D eigenvalue weighted by atomic mass is 19.4. The number of rotatable bonds is 11. The number of hydrogen-bond acceptors (Lipinski definition) is 5. The molecule has 0 saturated heterocycles. The minimum atomic E-state index is -4.78. The van der Waals surface area contributed by atoms with Crippen LogP contribution < -0.4 is 21.1 Å². The van der Waals surface area contributed by atoms with Gasteiger partial charge >= 0.3 is 12.4 Å². The SMILES string of the molecule is NC(=O)C(CCC(F)(F)F)C(CCC(F)(F)F)C(=O)N[C@H]1N=C(c2ccccc2)c2cccc(OC3CC3)c2NC1=O. The maximum absolute atomic E-state index is 13.4. The zero-order valence-corrected chi connectivity index (χ0v) is 22.1. The van der Waals surface area contributed by atoms with E-state index in [1.54, 1.807) is 48.5 Å². The zero-order chi connectivity index (χ0) is 30.7. The molecule has 1 aliphatic carbocycles. The molecule has 0 spiro atoms. The number of fused-ring (bicyclic) bond motifs is 1. The smallest absolute Gasteiger partial charge is 0.389 e. The number of ether oxygens (including phenoxy) is 1. The summed E-state index contributed by atoms with van der Waals surface area (Å²) in [6.45, 7) is 0. The number of nitrogens with two attached hydrogens (primary N) is 1. The summed E-state index contributed by atoms with van der Waals surface area (Å²) in [5, 5.41) is 4.91. The van der Waals surface area contributed by atoms with E-state index in [1.807, 2.05) is 0 Å². The van der Waals surface area contributed by atoms with Crippen LogP contribution in [0.15, 0.2) is 53.5 Å². The number of alkyl halides is 6. The van der Waals surface area contributed by atoms with Crippen LogP contribution in [0.1, 0.15) is 49.7 Å². The molecule has 0 bridgehead atoms. The van der Waals surface area contributed by atoms with Gasteiger partial charge in [0.15, 0.2) is 0 Å². The zero-order valence-electron chi connectivity index (χ0n) is 22.1. The molecule has 1 fully saturated rings. The fourth-order valence-corrected chi connectivity index (χ4v) is 4.63. The number of nitrogens with zero attached hydrogens (tertiary/aromatic N) is 1. The van der Waals surface area contributed by atoms with Gasteiger partial charge in [0, 0.05) is 35.8 Å². The van der Waals surface area contributed by atoms with Crippen molar-refractivity contribution in [1.29, 1.82) is 0 Å². The first-order chi connectivity index (χ1) is 19.7. The molecule has 4 rings (SSSR count). The summed E-state index contributed by atoms with van der Waals surface area (Å²) in [6.07, 6.45) is -14.8. The van der Waals surface area contributed by atoms with Gasteiger partial charge < -0.3 is 21.1 Å². The van der Waals surface area contributed by atoms with Crippen molar-refractivity contribution in [2.75, 3.05) is 5.32 Å². The number of para-hydroxylation sites is 1. The van der Waals surface area contributed by atoms with E-state index in [4.69, 9.17) is 10.5 Å². The molecule has 1 heterocycles. The second-order valence-electron chi connectivity index (χ2n) is 10.2. The van der Waals surface area contributed by atoms with Crippen LogP contribution in [-0.2, 0) is 14.4 Å². The number of halogens is 6. The lowest BCUT2D eigenvalue weighted by Gasteiger charge is -2.26. The molecule has 2 aliphatic rings. The van der Waals surface area contributed by atoms with Gasteiger partial charge in [0.1, 0.15) is 5.75 Å². The number of nitrogens with one attached hydrogen (secondary N) is 2. The van der Waals surface area contributed by atoms with Gasteiger partial charge in [0.05, 0.1) is 17.5 Å². The van der Waals surface area contributed by atoms with Gasteiger partial charge in [-0.05, 0) is 31.7 Å². The molecule has 8 nitrogen and oxygen atoms in total. The van der Waals surface area contributed by atoms with Crippen molar-refractivity contribution in [3.05, 3.63) is 59.7 Å². The van der Waals surface area contributed by atoms with E-state index in [0.29, 0.717) is 16.9 Å². The first-order valence-corrected chi connectivity index (χ1v) is 13.2. The summed E-state index contributed by atoms with van der Waals surface area (Å²) in [4.78, 5) is 43.2. The van der Waals surface area contributed by atoms with Crippen LogP contribution in [0.3, 0.4) is 0 Å². The average molecular weight is 599 g/mol. The monoisotopic (exact) mass is 598 g/mol. The van der Waals surface area contributed by atoms with Gasteiger partial charge in [-0.25, -0.2) is 4.99 Å². The molecule has 42 heavy (non-hydrogen) atoms. The topological polar surface area (TPSA) is 123 Å². The standard InChI is InChI=1S/C28H28F6N4O4/c29-27(30,31)13-11-17(23(35)39)18(12-14-28(32,33)34)25(40)38-24-26(41)37-22-19(7-4-8-20(22)42-16-9-10-16)21(36-24)15-5-2-1-3-6-15/h1-8,16-18,24H,9-14H2,(H2,35,39)(H,37,41)(H,38,40)/t17?,18?,24-/m1/s1. The number of benzodiazepines with no additional fused rings is 1. The number of primary amides is 1. The molecular formula is C28H28F6N4O4. The highest BCUT2D eigenvalue weighted by molar-refractivity contribution is 6.20. The third-order valence-electron chi connectivity index (χ3n) is 6.85. The van der Waals surface area contributed by atoms with Gasteiger partial charge in [-0.2, -0.15) is 26.3 Å². The Labute approximate surface area is 236 Å². The van der Waals surface area contributed by atoms with E-state index >= 15 is 0 Å². The maximum atomic E-state index is 13.4. The fourth-order valence-electron chi connectivity index (χ4n) is 4.63. The Balaban J connectivity index is 1.69. The lowest BCUT2D eigenvalue weighted by Crippen LogP contribution is -2.48. The maximum Gasteiger partial charge on any atom is 0.389 e. The molecule has 3 atom stereocenters. The van der Waals surface area contributed by atoms with Gasteiger partial charge in [-0.15, -0.1) is 0 Å². The molecule has 3 amide bonds. The Hall–Kier alpha value is -4.10. The van der Waals surface area contributed by atoms with Gasteiger partial charge in [0.25, 0.3) is 5.91 Å². The van der Waals surface area contributed by atoms with Crippen molar-refractivity contribution in [2.24, 2.45) is 22.6 Å². The van der Waals surface area contributed by atoms with Crippen molar-refractivity contribution in [3.63, 3.8) is 0 Å². The fraction of sp³-hybridized carbons (Fsp3) is 0.429. The molecule has 226 valence electrons. The van der Waals surface area contributed by atoms with Crippen molar-refractivity contribution in [2.45, 2.75) is 63.1 Å². The van der Waals surface area contributed by atoms with Crippen molar-refractivity contribution < 1.29 is 45.5 Å². The normalized spacial score (nSPS) is 18.6. The molecular weight excluding hydrogens is 570 g/mol. The number of aliphatic imine (C=N–C) groups is 1. The largest absolute Gasteiger partial charge is 0.488 e. The van der Waals surface area contributed by atoms with Crippen LogP contribution in [0.5, 0.6) is 5.75 Å². The number of carbonyl (C=O) groups is 3. The number of benzene rings is 2. The molecule has 2 aromatic carbocycles. The third-order valence-corrected chi connectivity index (χ3v) is 6.85. The van der Waals surface area contributed by atoms with E-state index in [1.165, 1.54) is 0 Å². The lowest BCUT2D eigenvalue weighted by molar-refractivity contribution is -0.152. The van der Waals surface area contributed by atoms with Crippen LogP contribution in [-0.4, -0.2) is 48.1 Å². The Morgan fingerprint density at radius 2 is 1.57 bits per heavy atom. The summed E-state index contributed by atoms with van der Waals surface area (Å²) in [7, 11) is 0. The Bertz CT molecular complexity index is 1340. The molecule has 0 radical (unpaired) electrons. The average Bonchev–Trinajstić information content (AvgIpc) is 3.73. The predicted molar refractivity (Wildman–Crippen MR) is 139 cm³/mol. The van der Waals surface area contributed by atoms with Crippen molar-refractivity contribution >= 4 is 29.1 Å². The number of carbonyl (C=O) groups excluding carboxylic acids is 3. The van der Waals surface area contributed by atoms with Gasteiger partial charge in [-0.3, -0.25) is 14.4 Å². The Morgan fingerprint density at radius 3 is 2.14 bits per heavy atom. The summed E-state index contributed by atoms with van der Waals surface area (Å²) < 4.78 is 84.0. The van der Waals surface area contributed by atoms with Crippen molar-refractivity contribution in [1.82, 2.24) is 5.32 Å². The number of anilines is 1. The van der Waals surface area contributed by atoms with Gasteiger partial charge in [0.2, 0.25) is 18.0 Å². The summed E-state index contributed by atoms with van der Waals surface area (Å²) in [5.74, 6) is -6.94. The third kappa shape index (κ3) is 8.23. The van der Waals surface area contributed by atoms with Crippen LogP contribution in [0.2, 0.25) is 0 Å². The molecule has 2 unspecified atom stereocenters. The molecule has 14 heteroatoms. The highest BCUT2D eigenvalue weighted by Gasteiger charge is 2.41. The first kappa shape index (κ1) is 30.8. The molecule has 2 aromatic rings.